The van der Waals surface area contributed by atoms with Crippen LogP contribution in [0.25, 0.3) is 0 Å². The molecule has 0 bridgehead atoms. The molecule has 0 aliphatic heterocycles. The quantitative estimate of drug-likeness (QED) is 0.549. The predicted octanol–water partition coefficient (Wildman–Crippen LogP) is 4.49. The summed E-state index contributed by atoms with van der Waals surface area (Å²) < 4.78 is 5.75. The number of hydrogen-bond acceptors (Lipinski definition) is 3. The third-order valence-electron chi connectivity index (χ3n) is 2.98. The van der Waals surface area contributed by atoms with Gasteiger partial charge in [0, 0.05) is 13.0 Å². The number of rotatable bonds is 7. The highest BCUT2D eigenvalue weighted by Crippen LogP contribution is 2.17. The molecular formula is C16H18O2S. The van der Waals surface area contributed by atoms with Gasteiger partial charge in [0.15, 0.2) is 5.78 Å². The topological polar surface area (TPSA) is 26.3 Å². The number of hydrogen-bond donors (Lipinski definition) is 0. The summed E-state index contributed by atoms with van der Waals surface area (Å²) in [6.45, 7) is 2.66. The summed E-state index contributed by atoms with van der Waals surface area (Å²) >= 11 is 1.50. The van der Waals surface area contributed by atoms with Gasteiger partial charge in [-0.1, -0.05) is 36.4 Å². The maximum atomic E-state index is 11.8. The van der Waals surface area contributed by atoms with Crippen LogP contribution in [-0.2, 0) is 4.74 Å². The van der Waals surface area contributed by atoms with Crippen LogP contribution in [0.2, 0.25) is 0 Å². The number of carbonyl (C=O) groups excluding carboxylic acids is 1. The van der Waals surface area contributed by atoms with E-state index in [2.05, 4.69) is 12.1 Å². The number of benzene rings is 1. The lowest BCUT2D eigenvalue weighted by Gasteiger charge is -2.12. The highest BCUT2D eigenvalue weighted by atomic mass is 32.1. The standard InChI is InChI=1S/C16H18O2S/c1-13(14-7-3-2-4-8-14)18-11-5-9-15(17)16-10-6-12-19-16/h2-4,6-8,10,12-13H,5,9,11H2,1H3. The summed E-state index contributed by atoms with van der Waals surface area (Å²) in [4.78, 5) is 12.6. The maximum Gasteiger partial charge on any atom is 0.172 e. The molecule has 1 atom stereocenters. The van der Waals surface area contributed by atoms with Crippen molar-refractivity contribution in [1.29, 1.82) is 0 Å². The fourth-order valence-electron chi connectivity index (χ4n) is 1.87. The maximum absolute atomic E-state index is 11.8. The second kappa shape index (κ2) is 7.22. The Kier molecular flexibility index (Phi) is 5.31. The van der Waals surface area contributed by atoms with Gasteiger partial charge < -0.3 is 4.74 Å². The molecule has 19 heavy (non-hydrogen) atoms. The van der Waals surface area contributed by atoms with E-state index >= 15 is 0 Å². The van der Waals surface area contributed by atoms with Gasteiger partial charge >= 0.3 is 0 Å². The fourth-order valence-corrected chi connectivity index (χ4v) is 2.57. The molecular weight excluding hydrogens is 256 g/mol. The highest BCUT2D eigenvalue weighted by molar-refractivity contribution is 7.12. The Bertz CT molecular complexity index is 491. The molecule has 2 rings (SSSR count). The molecule has 3 heteroatoms. The van der Waals surface area contributed by atoms with Gasteiger partial charge in [0.05, 0.1) is 11.0 Å². The number of ketones is 1. The van der Waals surface area contributed by atoms with Crippen molar-refractivity contribution in [3.05, 3.63) is 58.3 Å². The monoisotopic (exact) mass is 274 g/mol. The van der Waals surface area contributed by atoms with Crippen LogP contribution in [0.15, 0.2) is 47.8 Å². The number of ether oxygens (including phenoxy) is 1. The molecule has 0 aliphatic rings. The van der Waals surface area contributed by atoms with Crippen LogP contribution in [0.4, 0.5) is 0 Å². The van der Waals surface area contributed by atoms with Gasteiger partial charge in [-0.3, -0.25) is 4.79 Å². The predicted molar refractivity (Wildman–Crippen MR) is 78.7 cm³/mol. The third-order valence-corrected chi connectivity index (χ3v) is 3.89. The SMILES string of the molecule is CC(OCCCC(=O)c1cccs1)c1ccccc1. The Morgan fingerprint density at radius 3 is 2.68 bits per heavy atom. The molecule has 0 aliphatic carbocycles. The van der Waals surface area contributed by atoms with E-state index in [1.165, 1.54) is 16.9 Å². The molecule has 0 N–H and O–H groups in total. The first-order valence-corrected chi connectivity index (χ1v) is 7.38. The number of thiophene rings is 1. The van der Waals surface area contributed by atoms with Gasteiger partial charge in [-0.25, -0.2) is 0 Å². The number of Topliss-reactive ketones (excluding diaryl/α,β-unsaturated/α-hetero) is 1. The lowest BCUT2D eigenvalue weighted by atomic mass is 10.1. The average molecular weight is 274 g/mol. The van der Waals surface area contributed by atoms with Crippen LogP contribution >= 0.6 is 11.3 Å². The van der Waals surface area contributed by atoms with Crippen molar-refractivity contribution >= 4 is 17.1 Å². The van der Waals surface area contributed by atoms with Gasteiger partial charge in [0.1, 0.15) is 0 Å². The van der Waals surface area contributed by atoms with E-state index in [-0.39, 0.29) is 11.9 Å². The lowest BCUT2D eigenvalue weighted by Crippen LogP contribution is -2.04. The van der Waals surface area contributed by atoms with E-state index in [0.717, 1.165) is 11.3 Å². The molecule has 2 aromatic rings. The van der Waals surface area contributed by atoms with Crippen molar-refractivity contribution in [3.8, 4) is 0 Å². The van der Waals surface area contributed by atoms with Crippen LogP contribution in [-0.4, -0.2) is 12.4 Å². The first kappa shape index (κ1) is 14.0. The molecule has 0 saturated carbocycles. The lowest BCUT2D eigenvalue weighted by molar-refractivity contribution is 0.0611. The summed E-state index contributed by atoms with van der Waals surface area (Å²) in [7, 11) is 0. The van der Waals surface area contributed by atoms with Crippen LogP contribution in [0, 0.1) is 0 Å². The minimum Gasteiger partial charge on any atom is -0.374 e. The average Bonchev–Trinajstić information content (AvgIpc) is 2.98. The second-order valence-electron chi connectivity index (χ2n) is 4.43. The van der Waals surface area contributed by atoms with Crippen LogP contribution in [0.1, 0.15) is 41.1 Å². The van der Waals surface area contributed by atoms with Crippen molar-refractivity contribution in [3.63, 3.8) is 0 Å². The molecule has 100 valence electrons. The van der Waals surface area contributed by atoms with Crippen molar-refractivity contribution in [2.24, 2.45) is 0 Å². The Balaban J connectivity index is 1.68. The van der Waals surface area contributed by atoms with E-state index in [4.69, 9.17) is 4.74 Å². The van der Waals surface area contributed by atoms with Crippen molar-refractivity contribution in [2.45, 2.75) is 25.9 Å². The van der Waals surface area contributed by atoms with Crippen molar-refractivity contribution < 1.29 is 9.53 Å². The third kappa shape index (κ3) is 4.30. The van der Waals surface area contributed by atoms with Gasteiger partial charge in [0.25, 0.3) is 0 Å². The van der Waals surface area contributed by atoms with Crippen molar-refractivity contribution in [2.75, 3.05) is 6.61 Å². The van der Waals surface area contributed by atoms with E-state index in [0.29, 0.717) is 13.0 Å². The Hall–Kier alpha value is -1.45. The molecule has 2 nitrogen and oxygen atoms in total. The van der Waals surface area contributed by atoms with Gasteiger partial charge in [-0.15, -0.1) is 11.3 Å². The normalized spacial score (nSPS) is 12.3. The minimum absolute atomic E-state index is 0.0815. The van der Waals surface area contributed by atoms with Gasteiger partial charge in [-0.05, 0) is 30.4 Å². The smallest absolute Gasteiger partial charge is 0.172 e. The molecule has 0 spiro atoms. The molecule has 1 aromatic carbocycles. The van der Waals surface area contributed by atoms with E-state index in [1.54, 1.807) is 0 Å². The van der Waals surface area contributed by atoms with Crippen LogP contribution < -0.4 is 0 Å². The summed E-state index contributed by atoms with van der Waals surface area (Å²) in [6, 6.07) is 13.9. The van der Waals surface area contributed by atoms with E-state index in [9.17, 15) is 4.79 Å². The summed E-state index contributed by atoms with van der Waals surface area (Å²) in [5, 5.41) is 1.93. The molecule has 1 heterocycles. The molecule has 0 fully saturated rings. The van der Waals surface area contributed by atoms with Crippen molar-refractivity contribution in [1.82, 2.24) is 0 Å². The van der Waals surface area contributed by atoms with Gasteiger partial charge in [0.2, 0.25) is 0 Å². The Morgan fingerprint density at radius 2 is 2.00 bits per heavy atom. The molecule has 0 radical (unpaired) electrons. The number of carbonyl (C=O) groups is 1. The Labute approximate surface area is 118 Å². The van der Waals surface area contributed by atoms with Gasteiger partial charge in [-0.2, -0.15) is 0 Å². The zero-order chi connectivity index (χ0) is 13.5. The minimum atomic E-state index is 0.0815. The summed E-state index contributed by atoms with van der Waals surface area (Å²) in [5.41, 5.74) is 1.17. The first-order chi connectivity index (χ1) is 9.27. The van der Waals surface area contributed by atoms with Crippen LogP contribution in [0.3, 0.4) is 0 Å². The molecule has 0 saturated heterocycles. The molecule has 1 unspecified atom stereocenters. The zero-order valence-electron chi connectivity index (χ0n) is 11.0. The zero-order valence-corrected chi connectivity index (χ0v) is 11.9. The fraction of sp³-hybridized carbons (Fsp3) is 0.312. The van der Waals surface area contributed by atoms with E-state index < -0.39 is 0 Å². The largest absolute Gasteiger partial charge is 0.374 e. The Morgan fingerprint density at radius 1 is 1.21 bits per heavy atom. The highest BCUT2D eigenvalue weighted by Gasteiger charge is 2.08. The molecule has 1 aromatic heterocycles. The van der Waals surface area contributed by atoms with E-state index in [1.807, 2.05) is 42.6 Å². The van der Waals surface area contributed by atoms with Crippen LogP contribution in [0.5, 0.6) is 0 Å². The summed E-state index contributed by atoms with van der Waals surface area (Å²) in [5.74, 6) is 0.214. The second-order valence-corrected chi connectivity index (χ2v) is 5.38. The molecule has 0 amide bonds. The summed E-state index contributed by atoms with van der Waals surface area (Å²) in [6.07, 6.45) is 1.41. The first-order valence-electron chi connectivity index (χ1n) is 6.50.